The molecule has 0 radical (unpaired) electrons. The molecule has 1 amide bonds. The number of benzene rings is 2. The number of amides is 1. The lowest BCUT2D eigenvalue weighted by molar-refractivity contribution is -0.122. The highest BCUT2D eigenvalue weighted by atomic mass is 16.5. The number of aryl methyl sites for hydroxylation is 1. The first-order valence-corrected chi connectivity index (χ1v) is 9.55. The van der Waals surface area contributed by atoms with E-state index in [4.69, 9.17) is 4.74 Å². The summed E-state index contributed by atoms with van der Waals surface area (Å²) in [5, 5.41) is 4.28. The maximum absolute atomic E-state index is 13.0. The van der Waals surface area contributed by atoms with Gasteiger partial charge in [-0.2, -0.15) is 0 Å². The van der Waals surface area contributed by atoms with E-state index in [9.17, 15) is 4.79 Å². The lowest BCUT2D eigenvalue weighted by Crippen LogP contribution is -2.32. The van der Waals surface area contributed by atoms with Crippen LogP contribution in [0, 0.1) is 6.92 Å². The molecule has 5 heteroatoms. The molecule has 5 nitrogen and oxygen atoms in total. The van der Waals surface area contributed by atoms with Crippen molar-refractivity contribution in [2.24, 2.45) is 0 Å². The third-order valence-corrected chi connectivity index (χ3v) is 5.04. The van der Waals surface area contributed by atoms with Crippen molar-refractivity contribution < 1.29 is 9.53 Å². The standard InChI is InChI=1S/C24H23N3O2/c1-17-14-18-8-3-4-12-22(18)27(17)16-23(28)26-24(21-11-5-6-13-25-21)19-9-7-10-20(15-19)29-2/h3-15,24H,16H2,1-2H3,(H,26,28)/t24-/m0/s1. The normalized spacial score (nSPS) is 11.9. The third-order valence-electron chi connectivity index (χ3n) is 5.04. The number of fused-ring (bicyclic) bond motifs is 1. The molecular formula is C24H23N3O2. The number of carbonyl (C=O) groups is 1. The molecule has 0 fully saturated rings. The van der Waals surface area contributed by atoms with E-state index in [2.05, 4.69) is 22.4 Å². The Morgan fingerprint density at radius 1 is 1.07 bits per heavy atom. The zero-order valence-corrected chi connectivity index (χ0v) is 16.5. The average Bonchev–Trinajstić information content (AvgIpc) is 3.07. The van der Waals surface area contributed by atoms with Gasteiger partial charge in [0.15, 0.2) is 0 Å². The van der Waals surface area contributed by atoms with Gasteiger partial charge in [0, 0.05) is 17.4 Å². The number of pyridine rings is 1. The smallest absolute Gasteiger partial charge is 0.240 e. The number of rotatable bonds is 6. The fourth-order valence-corrected chi connectivity index (χ4v) is 3.60. The molecule has 1 atom stereocenters. The highest BCUT2D eigenvalue weighted by Crippen LogP contribution is 2.24. The minimum atomic E-state index is -0.360. The summed E-state index contributed by atoms with van der Waals surface area (Å²) < 4.78 is 7.39. The van der Waals surface area contributed by atoms with Gasteiger partial charge in [-0.15, -0.1) is 0 Å². The van der Waals surface area contributed by atoms with Crippen LogP contribution in [-0.2, 0) is 11.3 Å². The summed E-state index contributed by atoms with van der Waals surface area (Å²) in [7, 11) is 1.63. The van der Waals surface area contributed by atoms with Crippen LogP contribution in [-0.4, -0.2) is 22.6 Å². The molecule has 0 bridgehead atoms. The van der Waals surface area contributed by atoms with Gasteiger partial charge < -0.3 is 14.6 Å². The van der Waals surface area contributed by atoms with E-state index in [0.29, 0.717) is 0 Å². The second kappa shape index (κ2) is 8.19. The minimum absolute atomic E-state index is 0.0760. The molecular weight excluding hydrogens is 362 g/mol. The van der Waals surface area contributed by atoms with Crippen LogP contribution in [0.15, 0.2) is 79.0 Å². The van der Waals surface area contributed by atoms with Gasteiger partial charge >= 0.3 is 0 Å². The lowest BCUT2D eigenvalue weighted by atomic mass is 10.0. The molecule has 0 saturated heterocycles. The van der Waals surface area contributed by atoms with Crippen LogP contribution >= 0.6 is 0 Å². The third kappa shape index (κ3) is 3.99. The van der Waals surface area contributed by atoms with Crippen LogP contribution in [0.5, 0.6) is 5.75 Å². The van der Waals surface area contributed by atoms with E-state index in [-0.39, 0.29) is 18.5 Å². The summed E-state index contributed by atoms with van der Waals surface area (Å²) in [5.41, 5.74) is 3.81. The lowest BCUT2D eigenvalue weighted by Gasteiger charge is -2.20. The van der Waals surface area contributed by atoms with Crippen molar-refractivity contribution in [1.29, 1.82) is 0 Å². The Morgan fingerprint density at radius 2 is 1.90 bits per heavy atom. The number of aromatic nitrogens is 2. The molecule has 146 valence electrons. The van der Waals surface area contributed by atoms with E-state index in [0.717, 1.165) is 33.6 Å². The fraction of sp³-hybridized carbons (Fsp3) is 0.167. The van der Waals surface area contributed by atoms with Crippen molar-refractivity contribution in [3.05, 3.63) is 95.9 Å². The first-order chi connectivity index (χ1) is 14.2. The number of nitrogens with one attached hydrogen (secondary N) is 1. The van der Waals surface area contributed by atoms with E-state index < -0.39 is 0 Å². The van der Waals surface area contributed by atoms with E-state index in [1.54, 1.807) is 13.3 Å². The Morgan fingerprint density at radius 3 is 2.69 bits per heavy atom. The van der Waals surface area contributed by atoms with Crippen molar-refractivity contribution in [3.8, 4) is 5.75 Å². The van der Waals surface area contributed by atoms with Gasteiger partial charge in [0.25, 0.3) is 0 Å². The molecule has 1 N–H and O–H groups in total. The summed E-state index contributed by atoms with van der Waals surface area (Å²) >= 11 is 0. The Hall–Kier alpha value is -3.60. The topological polar surface area (TPSA) is 56.1 Å². The molecule has 0 aliphatic heterocycles. The monoisotopic (exact) mass is 385 g/mol. The van der Waals surface area contributed by atoms with Crippen LogP contribution in [0.2, 0.25) is 0 Å². The molecule has 4 rings (SSSR count). The van der Waals surface area contributed by atoms with E-state index in [1.165, 1.54) is 0 Å². The molecule has 29 heavy (non-hydrogen) atoms. The second-order valence-electron chi connectivity index (χ2n) is 6.96. The Kier molecular flexibility index (Phi) is 5.29. The summed E-state index contributed by atoms with van der Waals surface area (Å²) in [5.74, 6) is 0.665. The zero-order chi connectivity index (χ0) is 20.2. The van der Waals surface area contributed by atoms with Crippen molar-refractivity contribution >= 4 is 16.8 Å². The maximum atomic E-state index is 13.0. The predicted molar refractivity (Wildman–Crippen MR) is 114 cm³/mol. The summed E-state index contributed by atoms with van der Waals surface area (Å²) in [6.07, 6.45) is 1.73. The van der Waals surface area contributed by atoms with Crippen LogP contribution in [0.4, 0.5) is 0 Å². The van der Waals surface area contributed by atoms with Gasteiger partial charge in [-0.3, -0.25) is 9.78 Å². The molecule has 0 aliphatic rings. The highest BCUT2D eigenvalue weighted by molar-refractivity contribution is 5.84. The van der Waals surface area contributed by atoms with Gasteiger partial charge in [-0.05, 0) is 54.3 Å². The van der Waals surface area contributed by atoms with Gasteiger partial charge in [0.1, 0.15) is 12.3 Å². The summed E-state index contributed by atoms with van der Waals surface area (Å²) in [6.45, 7) is 2.26. The highest BCUT2D eigenvalue weighted by Gasteiger charge is 2.19. The van der Waals surface area contributed by atoms with Crippen LogP contribution in [0.1, 0.15) is 23.0 Å². The maximum Gasteiger partial charge on any atom is 0.240 e. The van der Waals surface area contributed by atoms with Crippen LogP contribution in [0.3, 0.4) is 0 Å². The zero-order valence-electron chi connectivity index (χ0n) is 16.5. The number of ether oxygens (including phenoxy) is 1. The minimum Gasteiger partial charge on any atom is -0.497 e. The van der Waals surface area contributed by atoms with Crippen LogP contribution < -0.4 is 10.1 Å². The van der Waals surface area contributed by atoms with Gasteiger partial charge in [-0.1, -0.05) is 36.4 Å². The van der Waals surface area contributed by atoms with Gasteiger partial charge in [-0.25, -0.2) is 0 Å². The predicted octanol–water partition coefficient (Wildman–Crippen LogP) is 4.26. The summed E-state index contributed by atoms with van der Waals surface area (Å²) in [6, 6.07) is 23.2. The molecule has 0 aliphatic carbocycles. The quantitative estimate of drug-likeness (QED) is 0.540. The Bertz CT molecular complexity index is 1140. The molecule has 2 aromatic heterocycles. The van der Waals surface area contributed by atoms with E-state index in [1.807, 2.05) is 72.2 Å². The van der Waals surface area contributed by atoms with Crippen molar-refractivity contribution in [2.75, 3.05) is 7.11 Å². The Balaban J connectivity index is 1.63. The number of nitrogens with zero attached hydrogens (tertiary/aromatic N) is 2. The number of carbonyl (C=O) groups excluding carboxylic acids is 1. The van der Waals surface area contributed by atoms with Crippen molar-refractivity contribution in [2.45, 2.75) is 19.5 Å². The van der Waals surface area contributed by atoms with Crippen LogP contribution in [0.25, 0.3) is 10.9 Å². The SMILES string of the molecule is COc1cccc([C@H](NC(=O)Cn2c(C)cc3ccccc32)c2ccccn2)c1. The average molecular weight is 385 g/mol. The van der Waals surface area contributed by atoms with Gasteiger partial charge in [0.05, 0.1) is 18.8 Å². The molecule has 0 unspecified atom stereocenters. The van der Waals surface area contributed by atoms with Gasteiger partial charge in [0.2, 0.25) is 5.91 Å². The van der Waals surface area contributed by atoms with E-state index >= 15 is 0 Å². The first kappa shape index (κ1) is 18.7. The number of methoxy groups -OCH3 is 1. The second-order valence-corrected chi connectivity index (χ2v) is 6.96. The summed E-state index contributed by atoms with van der Waals surface area (Å²) in [4.78, 5) is 17.5. The first-order valence-electron chi connectivity index (χ1n) is 9.55. The molecule has 0 spiro atoms. The largest absolute Gasteiger partial charge is 0.497 e. The number of hydrogen-bond acceptors (Lipinski definition) is 3. The number of hydrogen-bond donors (Lipinski definition) is 1. The van der Waals surface area contributed by atoms with Crippen molar-refractivity contribution in [3.63, 3.8) is 0 Å². The fourth-order valence-electron chi connectivity index (χ4n) is 3.60. The molecule has 0 saturated carbocycles. The molecule has 4 aromatic rings. The van der Waals surface area contributed by atoms with Crippen molar-refractivity contribution in [1.82, 2.24) is 14.9 Å². The molecule has 2 heterocycles. The Labute approximate surface area is 170 Å². The number of para-hydroxylation sites is 1. The molecule has 2 aromatic carbocycles.